The van der Waals surface area contributed by atoms with E-state index in [1.807, 2.05) is 18.4 Å². The van der Waals surface area contributed by atoms with Crippen molar-refractivity contribution in [2.24, 2.45) is 5.92 Å². The van der Waals surface area contributed by atoms with E-state index in [9.17, 15) is 14.4 Å². The Labute approximate surface area is 266 Å². The van der Waals surface area contributed by atoms with Gasteiger partial charge in [-0.25, -0.2) is 4.79 Å². The number of carbonyl (C=O) groups is 2. The number of thiol groups is 1. The Hall–Kier alpha value is -1.38. The Balaban J connectivity index is 2.72. The summed E-state index contributed by atoms with van der Waals surface area (Å²) < 4.78 is 0. The van der Waals surface area contributed by atoms with E-state index in [0.717, 1.165) is 81.2 Å². The van der Waals surface area contributed by atoms with E-state index >= 15 is 0 Å². The number of carbonyl (C=O) groups excluding carboxylic acids is 3. The molecule has 1 heterocycles. The van der Waals surface area contributed by atoms with Crippen molar-refractivity contribution in [1.29, 1.82) is 0 Å². The SMILES string of the molecule is CCCCCCCCCCCCC(CCCCC[C]=O)C(=O)[N+](CCCCCC)NC(=O)CCc1ncccc1SS. The lowest BCUT2D eigenvalue weighted by Crippen LogP contribution is -2.54. The summed E-state index contributed by atoms with van der Waals surface area (Å²) in [6.45, 7) is 4.97. The molecule has 8 heteroatoms. The Morgan fingerprint density at radius 3 is 2.05 bits per heavy atom. The highest BCUT2D eigenvalue weighted by atomic mass is 33.1. The van der Waals surface area contributed by atoms with Gasteiger partial charge in [-0.2, -0.15) is 0 Å². The van der Waals surface area contributed by atoms with Crippen LogP contribution in [0.5, 0.6) is 0 Å². The monoisotopic (exact) mass is 620 g/mol. The van der Waals surface area contributed by atoms with Crippen LogP contribution in [0.25, 0.3) is 0 Å². The van der Waals surface area contributed by atoms with Crippen molar-refractivity contribution < 1.29 is 14.4 Å². The molecule has 0 spiro atoms. The molecule has 1 atom stereocenters. The summed E-state index contributed by atoms with van der Waals surface area (Å²) >= 11 is 4.30. The summed E-state index contributed by atoms with van der Waals surface area (Å²) in [7, 11) is 1.33. The second-order valence-corrected chi connectivity index (χ2v) is 12.7. The fourth-order valence-corrected chi connectivity index (χ4v) is 6.20. The Morgan fingerprint density at radius 1 is 0.881 bits per heavy atom. The number of aryl methyl sites for hydroxylation is 1. The van der Waals surface area contributed by atoms with Crippen LogP contribution in [0.4, 0.5) is 0 Å². The van der Waals surface area contributed by atoms with Crippen LogP contribution in [0.2, 0.25) is 0 Å². The number of nitrogens with one attached hydrogen (secondary N) is 1. The number of hydrogen-bond donors (Lipinski definition) is 2. The second-order valence-electron chi connectivity index (χ2n) is 11.5. The first-order valence-electron chi connectivity index (χ1n) is 16.8. The highest BCUT2D eigenvalue weighted by molar-refractivity contribution is 8.68. The maximum atomic E-state index is 13.9. The number of pyridine rings is 1. The molecule has 0 aliphatic rings. The average molecular weight is 621 g/mol. The first-order chi connectivity index (χ1) is 20.6. The van der Waals surface area contributed by atoms with Gasteiger partial charge in [-0.1, -0.05) is 115 Å². The molecule has 0 fully saturated rings. The number of unbranched alkanes of at least 4 members (excludes halogenated alkanes) is 15. The number of hydrazine groups is 1. The number of aromatic nitrogens is 1. The van der Waals surface area contributed by atoms with Crippen molar-refractivity contribution in [2.75, 3.05) is 6.54 Å². The summed E-state index contributed by atoms with van der Waals surface area (Å²) in [5, 5.41) is 1.62. The predicted octanol–water partition coefficient (Wildman–Crippen LogP) is 9.22. The minimum absolute atomic E-state index is 0.0437. The number of rotatable bonds is 27. The minimum Gasteiger partial charge on any atom is -0.291 e. The molecule has 1 rings (SSSR count). The van der Waals surface area contributed by atoms with Crippen LogP contribution in [0.1, 0.15) is 154 Å². The van der Waals surface area contributed by atoms with Crippen LogP contribution in [0.15, 0.2) is 23.2 Å². The average Bonchev–Trinajstić information content (AvgIpc) is 3.01. The number of nitrogens with zero attached hydrogens (tertiary/aromatic N) is 2. The van der Waals surface area contributed by atoms with Crippen LogP contribution in [0.3, 0.4) is 0 Å². The standard InChI is InChI=1S/C34H58N3O3S2/c1-3-5-7-9-10-11-12-13-14-17-22-30(23-18-15-16-20-29-38)34(40)37(28-19-8-6-4-2)36-33(39)26-25-31-32(42-41)24-21-27-35-31/h21,24,27,30,41H,3-20,22-23,25-26,28H2,1-2H3,(H,36,39)/q+1. The van der Waals surface area contributed by atoms with Gasteiger partial charge in [0.05, 0.1) is 11.6 Å². The smallest absolute Gasteiger partial charge is 0.291 e. The topological polar surface area (TPSA) is 82.0 Å². The van der Waals surface area contributed by atoms with Crippen LogP contribution >= 0.6 is 22.5 Å². The molecule has 42 heavy (non-hydrogen) atoms. The molecule has 2 radical (unpaired) electrons. The molecule has 1 unspecified atom stereocenters. The van der Waals surface area contributed by atoms with Gasteiger partial charge in [-0.15, -0.1) is 17.1 Å². The quantitative estimate of drug-likeness (QED) is 0.0337. The molecule has 1 aromatic heterocycles. The number of amides is 2. The minimum atomic E-state index is -0.154. The first kappa shape index (κ1) is 38.6. The van der Waals surface area contributed by atoms with Crippen LogP contribution in [0, 0.1) is 5.92 Å². The van der Waals surface area contributed by atoms with Crippen molar-refractivity contribution in [2.45, 2.75) is 160 Å². The molecule has 6 nitrogen and oxygen atoms in total. The molecule has 0 saturated heterocycles. The van der Waals surface area contributed by atoms with E-state index in [2.05, 4.69) is 35.9 Å². The van der Waals surface area contributed by atoms with Gasteiger partial charge in [0.15, 0.2) is 12.8 Å². The first-order valence-corrected chi connectivity index (χ1v) is 18.6. The highest BCUT2D eigenvalue weighted by Crippen LogP contribution is 2.25. The fraction of sp³-hybridized carbons (Fsp3) is 0.765. The molecule has 2 amide bonds. The lowest BCUT2D eigenvalue weighted by molar-refractivity contribution is -0.138. The van der Waals surface area contributed by atoms with E-state index in [4.69, 9.17) is 0 Å². The lowest BCUT2D eigenvalue weighted by atomic mass is 9.93. The molecule has 1 aromatic rings. The molecule has 0 bridgehead atoms. The second kappa shape index (κ2) is 27.2. The van der Waals surface area contributed by atoms with Gasteiger partial charge < -0.3 is 0 Å². The zero-order chi connectivity index (χ0) is 30.7. The molecule has 0 aromatic carbocycles. The van der Waals surface area contributed by atoms with Crippen molar-refractivity contribution in [1.82, 2.24) is 15.4 Å². The van der Waals surface area contributed by atoms with Crippen LogP contribution < -0.4 is 10.4 Å². The molecule has 0 saturated carbocycles. The maximum absolute atomic E-state index is 13.9. The van der Waals surface area contributed by atoms with Gasteiger partial charge in [-0.05, 0) is 44.2 Å². The molecular weight excluding hydrogens is 563 g/mol. The Bertz CT molecular complexity index is 840. The number of hydrogen-bond acceptors (Lipinski definition) is 6. The summed E-state index contributed by atoms with van der Waals surface area (Å²) in [6.07, 6.45) is 26.1. The third-order valence-electron chi connectivity index (χ3n) is 7.88. The molecule has 1 N–H and O–H groups in total. The van der Waals surface area contributed by atoms with E-state index in [1.165, 1.54) is 62.2 Å². The molecule has 0 aliphatic carbocycles. The highest BCUT2D eigenvalue weighted by Gasteiger charge is 2.35. The van der Waals surface area contributed by atoms with E-state index < -0.39 is 0 Å². The Kier molecular flexibility index (Phi) is 25.0. The van der Waals surface area contributed by atoms with E-state index in [-0.39, 0.29) is 24.2 Å². The maximum Gasteiger partial charge on any atom is 0.391 e. The van der Waals surface area contributed by atoms with Crippen molar-refractivity contribution >= 4 is 40.6 Å². The van der Waals surface area contributed by atoms with Gasteiger partial charge in [0, 0.05) is 35.4 Å². The van der Waals surface area contributed by atoms with Crippen LogP contribution in [-0.4, -0.2) is 29.6 Å². The third-order valence-corrected chi connectivity index (χ3v) is 9.04. The molecular formula is C34H58N3O3S2+. The normalized spacial score (nSPS) is 12.0. The van der Waals surface area contributed by atoms with Crippen molar-refractivity contribution in [3.63, 3.8) is 0 Å². The molecule has 238 valence electrons. The summed E-state index contributed by atoms with van der Waals surface area (Å²) in [5.74, 6) is -0.213. The zero-order valence-corrected chi connectivity index (χ0v) is 28.3. The fourth-order valence-electron chi connectivity index (χ4n) is 5.30. The lowest BCUT2D eigenvalue weighted by Gasteiger charge is -2.17. The summed E-state index contributed by atoms with van der Waals surface area (Å²) in [4.78, 5) is 42.8. The van der Waals surface area contributed by atoms with Gasteiger partial charge >= 0.3 is 5.91 Å². The van der Waals surface area contributed by atoms with Gasteiger partial charge in [0.2, 0.25) is 0 Å². The van der Waals surface area contributed by atoms with Crippen molar-refractivity contribution in [3.05, 3.63) is 24.0 Å². The van der Waals surface area contributed by atoms with Crippen LogP contribution in [-0.2, 0) is 20.8 Å². The molecule has 0 aliphatic heterocycles. The van der Waals surface area contributed by atoms with Gasteiger partial charge in [0.1, 0.15) is 0 Å². The largest absolute Gasteiger partial charge is 0.391 e. The zero-order valence-electron chi connectivity index (χ0n) is 26.5. The van der Waals surface area contributed by atoms with E-state index in [0.29, 0.717) is 19.4 Å². The third kappa shape index (κ3) is 19.0. The van der Waals surface area contributed by atoms with Gasteiger partial charge in [-0.3, -0.25) is 14.6 Å². The summed E-state index contributed by atoms with van der Waals surface area (Å²) in [5.41, 5.74) is 3.82. The Morgan fingerprint density at radius 2 is 1.45 bits per heavy atom. The summed E-state index contributed by atoms with van der Waals surface area (Å²) in [6, 6.07) is 3.82. The van der Waals surface area contributed by atoms with E-state index in [1.54, 1.807) is 11.2 Å². The van der Waals surface area contributed by atoms with Gasteiger partial charge in [0.25, 0.3) is 5.91 Å². The predicted molar refractivity (Wildman–Crippen MR) is 180 cm³/mol. The van der Waals surface area contributed by atoms with Crippen molar-refractivity contribution in [3.8, 4) is 0 Å².